The van der Waals surface area contributed by atoms with Crippen LogP contribution in [0.15, 0.2) is 29.4 Å². The van der Waals surface area contributed by atoms with Crippen LogP contribution in [-0.2, 0) is 11.2 Å². The van der Waals surface area contributed by atoms with Crippen molar-refractivity contribution in [2.24, 2.45) is 10.8 Å². The fourth-order valence-electron chi connectivity index (χ4n) is 1.05. The van der Waals surface area contributed by atoms with Crippen molar-refractivity contribution >= 4 is 11.6 Å². The zero-order chi connectivity index (χ0) is 10.4. The number of nitrogens with zero attached hydrogens (tertiary/aromatic N) is 3. The lowest BCUT2D eigenvalue weighted by molar-refractivity contribution is -0.117. The lowest BCUT2D eigenvalue weighted by Gasteiger charge is -1.98. The molecule has 0 bridgehead atoms. The highest BCUT2D eigenvalue weighted by Gasteiger charge is 1.96. The van der Waals surface area contributed by atoms with Gasteiger partial charge in [0.2, 0.25) is 5.91 Å². The lowest BCUT2D eigenvalue weighted by atomic mass is 10.1. The Morgan fingerprint density at radius 1 is 1.43 bits per heavy atom. The molecular formula is C9H10N4O. The van der Waals surface area contributed by atoms with E-state index in [1.165, 1.54) is 0 Å². The normalized spacial score (nSPS) is 9.14. The number of nitrogens with two attached hydrogens (primary N) is 1. The summed E-state index contributed by atoms with van der Waals surface area (Å²) in [5.41, 5.74) is 14.7. The first-order chi connectivity index (χ1) is 6.72. The first-order valence-corrected chi connectivity index (χ1v) is 4.14. The van der Waals surface area contributed by atoms with Crippen LogP contribution in [0, 0.1) is 0 Å². The van der Waals surface area contributed by atoms with Crippen molar-refractivity contribution in [3.63, 3.8) is 0 Å². The van der Waals surface area contributed by atoms with E-state index in [4.69, 9.17) is 11.3 Å². The predicted molar refractivity (Wildman–Crippen MR) is 52.8 cm³/mol. The Balaban J connectivity index is 2.63. The van der Waals surface area contributed by atoms with Gasteiger partial charge in [-0.15, -0.1) is 0 Å². The molecule has 0 saturated carbocycles. The van der Waals surface area contributed by atoms with E-state index in [0.29, 0.717) is 18.5 Å². The van der Waals surface area contributed by atoms with Gasteiger partial charge in [-0.25, -0.2) is 0 Å². The van der Waals surface area contributed by atoms with Gasteiger partial charge in [0.05, 0.1) is 0 Å². The van der Waals surface area contributed by atoms with E-state index < -0.39 is 0 Å². The number of hydrogen-bond donors (Lipinski definition) is 1. The summed E-state index contributed by atoms with van der Waals surface area (Å²) < 4.78 is 0. The molecule has 0 aliphatic heterocycles. The average molecular weight is 190 g/mol. The molecule has 1 rings (SSSR count). The van der Waals surface area contributed by atoms with Gasteiger partial charge in [-0.1, -0.05) is 29.4 Å². The number of primary amides is 1. The van der Waals surface area contributed by atoms with E-state index in [0.717, 1.165) is 5.56 Å². The van der Waals surface area contributed by atoms with Crippen LogP contribution >= 0.6 is 0 Å². The monoisotopic (exact) mass is 190 g/mol. The number of azide groups is 1. The second-order valence-corrected chi connectivity index (χ2v) is 2.82. The maximum Gasteiger partial charge on any atom is 0.217 e. The first-order valence-electron chi connectivity index (χ1n) is 4.14. The Morgan fingerprint density at radius 2 is 2.07 bits per heavy atom. The topological polar surface area (TPSA) is 91.8 Å². The van der Waals surface area contributed by atoms with Gasteiger partial charge in [-0.05, 0) is 17.5 Å². The highest BCUT2D eigenvalue weighted by atomic mass is 16.1. The summed E-state index contributed by atoms with van der Waals surface area (Å²) in [6, 6.07) is 7.03. The standard InChI is InChI=1S/C9H10N4O/c10-9(14)6-3-7-1-4-8(5-2-7)12-13-11/h1-2,4-5H,3,6H2,(H2,10,14). The van der Waals surface area contributed by atoms with E-state index in [9.17, 15) is 4.79 Å². The number of carbonyl (C=O) groups is 1. The Hall–Kier alpha value is -2.00. The van der Waals surface area contributed by atoms with Crippen LogP contribution in [0.1, 0.15) is 12.0 Å². The fourth-order valence-corrected chi connectivity index (χ4v) is 1.05. The third kappa shape index (κ3) is 3.16. The number of rotatable bonds is 4. The summed E-state index contributed by atoms with van der Waals surface area (Å²) in [6.07, 6.45) is 0.951. The minimum absolute atomic E-state index is 0.316. The minimum Gasteiger partial charge on any atom is -0.370 e. The van der Waals surface area contributed by atoms with Gasteiger partial charge < -0.3 is 5.73 Å². The van der Waals surface area contributed by atoms with Crippen molar-refractivity contribution in [2.45, 2.75) is 12.8 Å². The van der Waals surface area contributed by atoms with Crippen molar-refractivity contribution < 1.29 is 4.79 Å². The van der Waals surface area contributed by atoms with Crippen molar-refractivity contribution in [3.05, 3.63) is 40.3 Å². The lowest BCUT2D eigenvalue weighted by Crippen LogP contribution is -2.11. The van der Waals surface area contributed by atoms with Crippen LogP contribution in [0.3, 0.4) is 0 Å². The van der Waals surface area contributed by atoms with Gasteiger partial charge in [-0.2, -0.15) is 0 Å². The molecule has 1 amide bonds. The number of carbonyl (C=O) groups excluding carboxylic acids is 1. The molecule has 0 atom stereocenters. The highest BCUT2D eigenvalue weighted by Crippen LogP contribution is 2.13. The molecular weight excluding hydrogens is 180 g/mol. The summed E-state index contributed by atoms with van der Waals surface area (Å²) in [4.78, 5) is 13.2. The second-order valence-electron chi connectivity index (χ2n) is 2.82. The van der Waals surface area contributed by atoms with E-state index in [2.05, 4.69) is 10.0 Å². The van der Waals surface area contributed by atoms with E-state index in [1.54, 1.807) is 12.1 Å². The Labute approximate surface area is 81.2 Å². The van der Waals surface area contributed by atoms with Crippen LogP contribution in [0.5, 0.6) is 0 Å². The number of benzene rings is 1. The van der Waals surface area contributed by atoms with E-state index in [1.807, 2.05) is 12.1 Å². The summed E-state index contributed by atoms with van der Waals surface area (Å²) in [7, 11) is 0. The summed E-state index contributed by atoms with van der Waals surface area (Å²) in [6.45, 7) is 0. The van der Waals surface area contributed by atoms with Crippen molar-refractivity contribution in [1.29, 1.82) is 0 Å². The summed E-state index contributed by atoms with van der Waals surface area (Å²) in [5.74, 6) is -0.316. The predicted octanol–water partition coefficient (Wildman–Crippen LogP) is 2.05. The SMILES string of the molecule is [N-]=[N+]=Nc1ccc(CCC(N)=O)cc1. The number of aryl methyl sites for hydroxylation is 1. The molecule has 0 aliphatic carbocycles. The Morgan fingerprint density at radius 3 is 2.57 bits per heavy atom. The fraction of sp³-hybridized carbons (Fsp3) is 0.222. The van der Waals surface area contributed by atoms with Gasteiger partial charge in [0.1, 0.15) is 0 Å². The number of hydrogen-bond acceptors (Lipinski definition) is 2. The molecule has 5 heteroatoms. The van der Waals surface area contributed by atoms with Crippen molar-refractivity contribution in [3.8, 4) is 0 Å². The zero-order valence-electron chi connectivity index (χ0n) is 7.55. The van der Waals surface area contributed by atoms with Crippen LogP contribution < -0.4 is 5.73 Å². The quantitative estimate of drug-likeness (QED) is 0.439. The van der Waals surface area contributed by atoms with Crippen molar-refractivity contribution in [2.75, 3.05) is 0 Å². The van der Waals surface area contributed by atoms with Crippen LogP contribution in [0.25, 0.3) is 10.4 Å². The average Bonchev–Trinajstić information content (AvgIpc) is 2.17. The maximum atomic E-state index is 10.5. The molecule has 0 heterocycles. The zero-order valence-corrected chi connectivity index (χ0v) is 7.55. The molecule has 0 fully saturated rings. The third-order valence-corrected chi connectivity index (χ3v) is 1.76. The van der Waals surface area contributed by atoms with Gasteiger partial charge in [0.25, 0.3) is 0 Å². The Kier molecular flexibility index (Phi) is 3.52. The molecule has 1 aromatic carbocycles. The Bertz CT molecular complexity index is 365. The van der Waals surface area contributed by atoms with Gasteiger partial charge in [0.15, 0.2) is 0 Å². The maximum absolute atomic E-state index is 10.5. The molecule has 0 spiro atoms. The van der Waals surface area contributed by atoms with Gasteiger partial charge >= 0.3 is 0 Å². The molecule has 14 heavy (non-hydrogen) atoms. The van der Waals surface area contributed by atoms with Crippen LogP contribution in [0.2, 0.25) is 0 Å². The molecule has 0 radical (unpaired) electrons. The molecule has 2 N–H and O–H groups in total. The second kappa shape index (κ2) is 4.89. The largest absolute Gasteiger partial charge is 0.370 e. The molecule has 5 nitrogen and oxygen atoms in total. The van der Waals surface area contributed by atoms with E-state index in [-0.39, 0.29) is 5.91 Å². The highest BCUT2D eigenvalue weighted by molar-refractivity contribution is 5.74. The van der Waals surface area contributed by atoms with E-state index >= 15 is 0 Å². The van der Waals surface area contributed by atoms with Gasteiger partial charge in [0, 0.05) is 17.0 Å². The summed E-state index contributed by atoms with van der Waals surface area (Å²) >= 11 is 0. The van der Waals surface area contributed by atoms with Crippen molar-refractivity contribution in [1.82, 2.24) is 0 Å². The number of amides is 1. The van der Waals surface area contributed by atoms with Gasteiger partial charge in [-0.3, -0.25) is 4.79 Å². The third-order valence-electron chi connectivity index (χ3n) is 1.76. The minimum atomic E-state index is -0.316. The smallest absolute Gasteiger partial charge is 0.217 e. The molecule has 0 aliphatic rings. The molecule has 72 valence electrons. The molecule has 0 aromatic heterocycles. The summed E-state index contributed by atoms with van der Waals surface area (Å²) in [5, 5.41) is 3.43. The molecule has 1 aromatic rings. The van der Waals surface area contributed by atoms with Crippen LogP contribution in [0.4, 0.5) is 5.69 Å². The first kappa shape index (κ1) is 10.1. The van der Waals surface area contributed by atoms with Crippen LogP contribution in [-0.4, -0.2) is 5.91 Å². The molecule has 0 unspecified atom stereocenters. The molecule has 0 saturated heterocycles.